The van der Waals surface area contributed by atoms with Crippen LogP contribution in [-0.2, 0) is 43.4 Å². The number of carbonyl (C=O) groups is 4. The van der Waals surface area contributed by atoms with Crippen molar-refractivity contribution >= 4 is 74.4 Å². The second kappa shape index (κ2) is 17.5. The van der Waals surface area contributed by atoms with Crippen LogP contribution < -0.4 is 26.8 Å². The topological polar surface area (TPSA) is 300 Å². The summed E-state index contributed by atoms with van der Waals surface area (Å²) >= 11 is 2.61. The summed E-state index contributed by atoms with van der Waals surface area (Å²) in [6.07, 6.45) is -5.69. The van der Waals surface area contributed by atoms with Crippen LogP contribution in [0.15, 0.2) is 39.6 Å². The van der Waals surface area contributed by atoms with Gasteiger partial charge < -0.3 is 46.5 Å². The lowest BCUT2D eigenvalue weighted by molar-refractivity contribution is -0.218. The molecular weight excluding hydrogens is 770 g/mol. The molecule has 2 amide bonds. The quantitative estimate of drug-likeness (QED) is 0.0240. The van der Waals surface area contributed by atoms with E-state index in [2.05, 4.69) is 34.8 Å². The van der Waals surface area contributed by atoms with E-state index in [1.54, 1.807) is 18.2 Å². The number of aromatic amines is 1. The van der Waals surface area contributed by atoms with Crippen LogP contribution in [0.3, 0.4) is 0 Å². The molecule has 1 aromatic carbocycles. The van der Waals surface area contributed by atoms with E-state index in [0.29, 0.717) is 40.7 Å². The number of nitrogens with two attached hydrogens (primary N) is 2. The van der Waals surface area contributed by atoms with Crippen LogP contribution in [0.1, 0.15) is 20.3 Å². The number of esters is 1. The van der Waals surface area contributed by atoms with Crippen LogP contribution in [0, 0.1) is 0 Å². The van der Waals surface area contributed by atoms with Crippen molar-refractivity contribution in [1.29, 1.82) is 0 Å². The third-order valence-electron chi connectivity index (χ3n) is 6.61. The summed E-state index contributed by atoms with van der Waals surface area (Å²) in [7, 11) is -4.33. The van der Waals surface area contributed by atoms with Crippen LogP contribution in [0.5, 0.6) is 5.75 Å². The highest BCUT2D eigenvalue weighted by Gasteiger charge is 2.58. The highest BCUT2D eigenvalue weighted by molar-refractivity contribution is 8.02. The molecular formula is C26H33F3N8O12S3. The maximum atomic E-state index is 13.2. The molecule has 1 saturated heterocycles. The molecule has 26 heteroatoms. The molecule has 0 spiro atoms. The lowest BCUT2D eigenvalue weighted by Crippen LogP contribution is -2.77. The van der Waals surface area contributed by atoms with Gasteiger partial charge in [0.15, 0.2) is 10.9 Å². The molecule has 52 heavy (non-hydrogen) atoms. The van der Waals surface area contributed by atoms with E-state index in [0.717, 1.165) is 23.9 Å². The number of thioether (sulfide) groups is 2. The number of aromatic nitrogens is 2. The minimum atomic E-state index is -5.01. The number of carboxylic acids is 1. The number of halogens is 3. The summed E-state index contributed by atoms with van der Waals surface area (Å²) in [5.74, 6) is -4.45. The first-order valence-corrected chi connectivity index (χ1v) is 17.7. The number of methoxy groups -OCH3 is 1. The van der Waals surface area contributed by atoms with Crippen molar-refractivity contribution in [3.8, 4) is 5.75 Å². The summed E-state index contributed by atoms with van der Waals surface area (Å²) in [5, 5.41) is 21.2. The number of hydrogen-bond donors (Lipinski definition) is 7. The average Bonchev–Trinajstić information content (AvgIpc) is 3.67. The molecule has 3 heterocycles. The third-order valence-corrected chi connectivity index (χ3v) is 8.69. The van der Waals surface area contributed by atoms with Crippen molar-refractivity contribution < 1.29 is 69.0 Å². The second-order valence-electron chi connectivity index (χ2n) is 10.8. The van der Waals surface area contributed by atoms with E-state index in [-0.39, 0.29) is 5.70 Å². The van der Waals surface area contributed by atoms with Gasteiger partial charge in [0.2, 0.25) is 0 Å². The Labute approximate surface area is 301 Å². The number of imidazole rings is 1. The molecule has 2 aliphatic rings. The molecule has 20 nitrogen and oxygen atoms in total. The molecule has 2 aliphatic heterocycles. The number of nitrogens with one attached hydrogen (secondary N) is 3. The van der Waals surface area contributed by atoms with Crippen LogP contribution >= 0.6 is 23.5 Å². The zero-order valence-corrected chi connectivity index (χ0v) is 29.7. The first-order valence-electron chi connectivity index (χ1n) is 14.4. The number of nitrogens with zero attached hydrogens (tertiary/aromatic N) is 3. The molecule has 288 valence electrons. The molecule has 0 bridgehead atoms. The summed E-state index contributed by atoms with van der Waals surface area (Å²) in [5.41, 5.74) is 10.3. The van der Waals surface area contributed by atoms with E-state index in [4.69, 9.17) is 25.6 Å². The van der Waals surface area contributed by atoms with Gasteiger partial charge in [-0.15, -0.1) is 4.28 Å². The van der Waals surface area contributed by atoms with Gasteiger partial charge in [0.25, 0.3) is 17.9 Å². The Bertz CT molecular complexity index is 1820. The van der Waals surface area contributed by atoms with E-state index < -0.39 is 75.8 Å². The Morgan fingerprint density at radius 3 is 2.50 bits per heavy atom. The maximum absolute atomic E-state index is 13.2. The van der Waals surface area contributed by atoms with Crippen molar-refractivity contribution in [3.05, 3.63) is 29.3 Å². The Morgan fingerprint density at radius 1 is 1.29 bits per heavy atom. The van der Waals surface area contributed by atoms with Gasteiger partial charge in [-0.05, 0) is 38.9 Å². The van der Waals surface area contributed by atoms with Gasteiger partial charge in [-0.2, -0.15) is 26.7 Å². The number of H-pyrrole nitrogens is 1. The number of carbonyl (C=O) groups excluding carboxylic acids is 3. The summed E-state index contributed by atoms with van der Waals surface area (Å²) in [6, 6.07) is 3.65. The fourth-order valence-electron chi connectivity index (χ4n) is 4.05. The number of amides is 2. The average molecular weight is 803 g/mol. The number of oxime groups is 1. The number of rotatable bonds is 15. The van der Waals surface area contributed by atoms with Crippen LogP contribution in [-0.4, -0.2) is 118 Å². The molecule has 0 aliphatic carbocycles. The number of alkyl halides is 3. The van der Waals surface area contributed by atoms with Crippen molar-refractivity contribution in [3.63, 3.8) is 0 Å². The van der Waals surface area contributed by atoms with Gasteiger partial charge in [-0.1, -0.05) is 28.7 Å². The van der Waals surface area contributed by atoms with Crippen molar-refractivity contribution in [1.82, 2.24) is 25.7 Å². The lowest BCUT2D eigenvalue weighted by Gasteiger charge is -2.50. The maximum Gasteiger partial charge on any atom is 0.490 e. The number of benzene rings is 1. The summed E-state index contributed by atoms with van der Waals surface area (Å²) in [6.45, 7) is 2.82. The van der Waals surface area contributed by atoms with Crippen molar-refractivity contribution in [2.24, 2.45) is 16.6 Å². The second-order valence-corrected chi connectivity index (χ2v) is 13.9. The normalized spacial score (nSPS) is 19.0. The van der Waals surface area contributed by atoms with Crippen molar-refractivity contribution in [2.75, 3.05) is 26.0 Å². The van der Waals surface area contributed by atoms with Gasteiger partial charge >= 0.3 is 28.5 Å². The van der Waals surface area contributed by atoms with Gasteiger partial charge in [0.05, 0.1) is 29.4 Å². The Balaban J connectivity index is 0.000000815. The van der Waals surface area contributed by atoms with Crippen LogP contribution in [0.4, 0.5) is 13.2 Å². The van der Waals surface area contributed by atoms with Crippen LogP contribution in [0.25, 0.3) is 11.0 Å². The molecule has 9 N–H and O–H groups in total. The number of aliphatic carboxylic acids is 1. The minimum absolute atomic E-state index is 0.0745. The predicted molar refractivity (Wildman–Crippen MR) is 176 cm³/mol. The molecule has 1 aromatic heterocycles. The molecule has 4 rings (SSSR count). The van der Waals surface area contributed by atoms with E-state index >= 15 is 0 Å². The predicted octanol–water partition coefficient (Wildman–Crippen LogP) is 0.190. The van der Waals surface area contributed by atoms with Gasteiger partial charge in [-0.3, -0.25) is 14.1 Å². The molecule has 0 saturated carbocycles. The van der Waals surface area contributed by atoms with Gasteiger partial charge in [0.1, 0.15) is 23.9 Å². The van der Waals surface area contributed by atoms with E-state index in [9.17, 15) is 45.9 Å². The Kier molecular flexibility index (Phi) is 14.1. The highest BCUT2D eigenvalue weighted by Crippen LogP contribution is 2.33. The van der Waals surface area contributed by atoms with E-state index in [1.807, 2.05) is 0 Å². The number of ether oxygens (including phenoxy) is 2. The lowest BCUT2D eigenvalue weighted by atomic mass is 9.84. The van der Waals surface area contributed by atoms with Crippen molar-refractivity contribution in [2.45, 2.75) is 54.8 Å². The first kappa shape index (κ1) is 42.1. The highest BCUT2D eigenvalue weighted by atomic mass is 32.3. The molecule has 1 fully saturated rings. The smallest absolute Gasteiger partial charge is 0.489 e. The van der Waals surface area contributed by atoms with Gasteiger partial charge in [-0.25, -0.2) is 14.6 Å². The number of β-lactam (4-membered cyclic amide) rings is 1. The summed E-state index contributed by atoms with van der Waals surface area (Å²) < 4.78 is 77.3. The zero-order chi connectivity index (χ0) is 39.0. The van der Waals surface area contributed by atoms with E-state index in [1.165, 1.54) is 31.0 Å². The Hall–Kier alpha value is -4.34. The summed E-state index contributed by atoms with van der Waals surface area (Å²) in [4.78, 5) is 59.9. The Morgan fingerprint density at radius 2 is 1.98 bits per heavy atom. The fourth-order valence-corrected chi connectivity index (χ4v) is 6.01. The number of hydrogen-bond acceptors (Lipinski definition) is 17. The largest absolute Gasteiger partial charge is 0.490 e. The first-order chi connectivity index (χ1) is 24.2. The minimum Gasteiger partial charge on any atom is -0.489 e. The standard InChI is InChI=1S/C23H30N8O10S3.C3H3F3O2/c1-23(2)17(19(33)31(23)41-44(36,37)38)29-18(32)16(14-10-43-21(25)26-14)30-40-15(20(34)35)9-39-11-4-5-12-13(8-11)28-22(27-12)42-7-3-6-24;1-8-2(7)3(4,5)6/h4-5,8,10,15,17,21,26H,3,6-7,9,24-25H2,1-2H3,(H,27,28)(H,29,32)(H,34,35)(H,36,37,38);1H3/b30-16-;. The fraction of sp³-hybridized carbons (Fsp3) is 0.462. The SMILES string of the molecule is CC1(C)C(NC(=O)/C(=N\OC(COc2ccc3nc(SCCCN)[nH]c3c2)C(=O)O)C2=CSC(N)N2)C(=O)N1OS(=O)(=O)O.COC(=O)C(F)(F)F. The molecule has 0 radical (unpaired) electrons. The van der Waals surface area contributed by atoms with Crippen LogP contribution in [0.2, 0.25) is 0 Å². The molecule has 2 aromatic rings. The number of fused-ring (bicyclic) bond motifs is 1. The zero-order valence-electron chi connectivity index (χ0n) is 27.2. The monoisotopic (exact) mass is 802 g/mol. The molecule has 3 unspecified atom stereocenters. The molecule has 3 atom stereocenters. The number of hydroxylamine groups is 2. The third kappa shape index (κ3) is 11.3. The van der Waals surface area contributed by atoms with Gasteiger partial charge in [0, 0.05) is 17.2 Å². The number of carboxylic acid groups (broad SMARTS) is 1.